The molecule has 0 aliphatic carbocycles. The molecule has 1 aromatic rings. The summed E-state index contributed by atoms with van der Waals surface area (Å²) in [5.74, 6) is -0.0545. The first-order valence-corrected chi connectivity index (χ1v) is 4.58. The fourth-order valence-electron chi connectivity index (χ4n) is 1.05. The van der Waals surface area contributed by atoms with Gasteiger partial charge in [0.25, 0.3) is 0 Å². The summed E-state index contributed by atoms with van der Waals surface area (Å²) in [6, 6.07) is 2.95. The van der Waals surface area contributed by atoms with E-state index >= 15 is 0 Å². The SMILES string of the molecule is Cc1cc(F)nc(N[C@H](C)[C@@H](C)O)c1. The van der Waals surface area contributed by atoms with E-state index in [9.17, 15) is 9.50 Å². The van der Waals surface area contributed by atoms with Crippen LogP contribution in [0.4, 0.5) is 10.2 Å². The van der Waals surface area contributed by atoms with Crippen LogP contribution in [0, 0.1) is 12.9 Å². The summed E-state index contributed by atoms with van der Waals surface area (Å²) >= 11 is 0. The number of aliphatic hydroxyl groups is 1. The molecule has 0 amide bonds. The number of aromatic nitrogens is 1. The van der Waals surface area contributed by atoms with Gasteiger partial charge in [-0.05, 0) is 38.5 Å². The molecule has 0 aliphatic rings. The minimum atomic E-state index is -0.509. The highest BCUT2D eigenvalue weighted by Crippen LogP contribution is 2.10. The van der Waals surface area contributed by atoms with Gasteiger partial charge in [0.2, 0.25) is 5.95 Å². The van der Waals surface area contributed by atoms with E-state index in [4.69, 9.17) is 0 Å². The van der Waals surface area contributed by atoms with E-state index in [0.29, 0.717) is 5.82 Å². The highest BCUT2D eigenvalue weighted by Gasteiger charge is 2.09. The molecule has 1 aromatic heterocycles. The van der Waals surface area contributed by atoms with Crippen LogP contribution in [0.5, 0.6) is 0 Å². The summed E-state index contributed by atoms with van der Waals surface area (Å²) < 4.78 is 12.9. The Labute approximate surface area is 83.0 Å². The maximum absolute atomic E-state index is 12.9. The topological polar surface area (TPSA) is 45.2 Å². The van der Waals surface area contributed by atoms with Crippen LogP contribution in [0.2, 0.25) is 0 Å². The highest BCUT2D eigenvalue weighted by atomic mass is 19.1. The van der Waals surface area contributed by atoms with Crippen molar-refractivity contribution in [2.24, 2.45) is 0 Å². The predicted molar refractivity (Wildman–Crippen MR) is 53.7 cm³/mol. The van der Waals surface area contributed by atoms with Crippen molar-refractivity contribution in [3.05, 3.63) is 23.6 Å². The highest BCUT2D eigenvalue weighted by molar-refractivity contribution is 5.38. The van der Waals surface area contributed by atoms with E-state index in [0.717, 1.165) is 5.56 Å². The van der Waals surface area contributed by atoms with Gasteiger partial charge in [-0.3, -0.25) is 0 Å². The number of aryl methyl sites for hydroxylation is 1. The van der Waals surface area contributed by atoms with E-state index < -0.39 is 12.1 Å². The quantitative estimate of drug-likeness (QED) is 0.727. The van der Waals surface area contributed by atoms with E-state index in [1.165, 1.54) is 6.07 Å². The standard InChI is InChI=1S/C10H15FN2O/c1-6-4-9(11)13-10(5-6)12-7(2)8(3)14/h4-5,7-8,14H,1-3H3,(H,12,13)/t7-,8-/m1/s1. The van der Waals surface area contributed by atoms with Crippen LogP contribution in [0.15, 0.2) is 12.1 Å². The average molecular weight is 198 g/mol. The van der Waals surface area contributed by atoms with Gasteiger partial charge in [0.15, 0.2) is 0 Å². The molecule has 2 atom stereocenters. The lowest BCUT2D eigenvalue weighted by atomic mass is 10.2. The third-order valence-electron chi connectivity index (χ3n) is 2.04. The van der Waals surface area contributed by atoms with Crippen LogP contribution in [0.3, 0.4) is 0 Å². The minimum Gasteiger partial charge on any atom is -0.391 e. The Morgan fingerprint density at radius 2 is 2.07 bits per heavy atom. The Hall–Kier alpha value is -1.16. The first-order chi connectivity index (χ1) is 6.49. The molecule has 0 bridgehead atoms. The summed E-state index contributed by atoms with van der Waals surface area (Å²) in [6.07, 6.45) is -0.500. The van der Waals surface area contributed by atoms with Crippen LogP contribution in [-0.4, -0.2) is 22.2 Å². The van der Waals surface area contributed by atoms with Gasteiger partial charge in [-0.2, -0.15) is 4.39 Å². The summed E-state index contributed by atoms with van der Waals surface area (Å²) in [4.78, 5) is 3.67. The molecule has 3 nitrogen and oxygen atoms in total. The number of rotatable bonds is 3. The Bertz CT molecular complexity index is 295. The Kier molecular flexibility index (Phi) is 3.41. The van der Waals surface area contributed by atoms with E-state index in [1.807, 2.05) is 6.92 Å². The molecule has 0 aromatic carbocycles. The normalized spacial score (nSPS) is 14.9. The third kappa shape index (κ3) is 2.96. The van der Waals surface area contributed by atoms with Crippen LogP contribution in [-0.2, 0) is 0 Å². The van der Waals surface area contributed by atoms with Gasteiger partial charge in [0.1, 0.15) is 5.82 Å². The molecule has 4 heteroatoms. The monoisotopic (exact) mass is 198 g/mol. The molecule has 0 saturated carbocycles. The van der Waals surface area contributed by atoms with Crippen LogP contribution in [0.1, 0.15) is 19.4 Å². The molecule has 14 heavy (non-hydrogen) atoms. The Morgan fingerprint density at radius 3 is 2.57 bits per heavy atom. The van der Waals surface area contributed by atoms with Gasteiger partial charge in [0.05, 0.1) is 12.1 Å². The van der Waals surface area contributed by atoms with Crippen molar-refractivity contribution >= 4 is 5.82 Å². The first-order valence-electron chi connectivity index (χ1n) is 4.58. The van der Waals surface area contributed by atoms with Gasteiger partial charge in [-0.15, -0.1) is 0 Å². The number of pyridine rings is 1. The van der Waals surface area contributed by atoms with Crippen molar-refractivity contribution in [3.8, 4) is 0 Å². The fraction of sp³-hybridized carbons (Fsp3) is 0.500. The van der Waals surface area contributed by atoms with E-state index in [1.54, 1.807) is 19.9 Å². The second-order valence-electron chi connectivity index (χ2n) is 3.53. The Balaban J connectivity index is 2.76. The molecule has 0 radical (unpaired) electrons. The molecule has 0 fully saturated rings. The third-order valence-corrected chi connectivity index (χ3v) is 2.04. The van der Waals surface area contributed by atoms with E-state index in [-0.39, 0.29) is 6.04 Å². The van der Waals surface area contributed by atoms with Gasteiger partial charge >= 0.3 is 0 Å². The number of nitrogens with one attached hydrogen (secondary N) is 1. The van der Waals surface area contributed by atoms with Crippen LogP contribution in [0.25, 0.3) is 0 Å². The zero-order valence-electron chi connectivity index (χ0n) is 8.58. The largest absolute Gasteiger partial charge is 0.391 e. The van der Waals surface area contributed by atoms with Gasteiger partial charge in [-0.25, -0.2) is 4.98 Å². The number of aliphatic hydroxyl groups excluding tert-OH is 1. The molecular weight excluding hydrogens is 183 g/mol. The molecule has 2 N–H and O–H groups in total. The number of hydrogen-bond donors (Lipinski definition) is 2. The summed E-state index contributed by atoms with van der Waals surface area (Å²) in [5.41, 5.74) is 0.804. The van der Waals surface area contributed by atoms with Gasteiger partial charge < -0.3 is 10.4 Å². The Morgan fingerprint density at radius 1 is 1.43 bits per heavy atom. The van der Waals surface area contributed by atoms with Crippen LogP contribution >= 0.6 is 0 Å². The molecule has 0 saturated heterocycles. The molecular formula is C10H15FN2O. The fourth-order valence-corrected chi connectivity index (χ4v) is 1.05. The zero-order valence-corrected chi connectivity index (χ0v) is 8.58. The second kappa shape index (κ2) is 4.37. The molecule has 0 spiro atoms. The lowest BCUT2D eigenvalue weighted by Gasteiger charge is -2.17. The number of halogens is 1. The summed E-state index contributed by atoms with van der Waals surface area (Å²) in [6.45, 7) is 5.28. The first kappa shape index (κ1) is 10.9. The van der Waals surface area contributed by atoms with E-state index in [2.05, 4.69) is 10.3 Å². The predicted octanol–water partition coefficient (Wildman–Crippen LogP) is 1.71. The number of anilines is 1. The number of nitrogens with zero attached hydrogens (tertiary/aromatic N) is 1. The zero-order chi connectivity index (χ0) is 10.7. The summed E-state index contributed by atoms with van der Waals surface area (Å²) in [5, 5.41) is 12.2. The minimum absolute atomic E-state index is 0.149. The molecule has 1 heterocycles. The van der Waals surface area contributed by atoms with Gasteiger partial charge in [0, 0.05) is 0 Å². The lowest BCUT2D eigenvalue weighted by molar-refractivity contribution is 0.177. The average Bonchev–Trinajstić information content (AvgIpc) is 2.01. The molecule has 78 valence electrons. The van der Waals surface area contributed by atoms with Crippen molar-refractivity contribution in [1.29, 1.82) is 0 Å². The molecule has 0 unspecified atom stereocenters. The van der Waals surface area contributed by atoms with Crippen molar-refractivity contribution in [1.82, 2.24) is 4.98 Å². The maximum atomic E-state index is 12.9. The van der Waals surface area contributed by atoms with Crippen molar-refractivity contribution in [3.63, 3.8) is 0 Å². The van der Waals surface area contributed by atoms with Crippen molar-refractivity contribution in [2.75, 3.05) is 5.32 Å². The second-order valence-corrected chi connectivity index (χ2v) is 3.53. The molecule has 1 rings (SSSR count). The van der Waals surface area contributed by atoms with Crippen molar-refractivity contribution < 1.29 is 9.50 Å². The number of hydrogen-bond acceptors (Lipinski definition) is 3. The van der Waals surface area contributed by atoms with Crippen molar-refractivity contribution in [2.45, 2.75) is 32.9 Å². The van der Waals surface area contributed by atoms with Crippen LogP contribution < -0.4 is 5.32 Å². The lowest BCUT2D eigenvalue weighted by Crippen LogP contribution is -2.28. The molecule has 0 aliphatic heterocycles. The summed E-state index contributed by atoms with van der Waals surface area (Å²) in [7, 11) is 0. The van der Waals surface area contributed by atoms with Gasteiger partial charge in [-0.1, -0.05) is 0 Å². The smallest absolute Gasteiger partial charge is 0.215 e. The maximum Gasteiger partial charge on any atom is 0.215 e.